The van der Waals surface area contributed by atoms with Crippen molar-refractivity contribution in [3.8, 4) is 0 Å². The highest BCUT2D eigenvalue weighted by Gasteiger charge is 2.19. The summed E-state index contributed by atoms with van der Waals surface area (Å²) in [5.74, 6) is 0. The minimum Gasteiger partial charge on any atom is -0.444 e. The van der Waals surface area contributed by atoms with E-state index in [0.717, 1.165) is 10.0 Å². The lowest BCUT2D eigenvalue weighted by Crippen LogP contribution is -2.34. The van der Waals surface area contributed by atoms with Crippen LogP contribution in [0.3, 0.4) is 0 Å². The average molecular weight is 335 g/mol. The third-order valence-electron chi connectivity index (χ3n) is 2.16. The van der Waals surface area contributed by atoms with Crippen molar-refractivity contribution in [1.82, 2.24) is 5.32 Å². The topological polar surface area (TPSA) is 38.3 Å². The van der Waals surface area contributed by atoms with Crippen LogP contribution < -0.4 is 5.32 Å². The Balaban J connectivity index is 2.71. The van der Waals surface area contributed by atoms with Crippen molar-refractivity contribution in [3.63, 3.8) is 0 Å². The summed E-state index contributed by atoms with van der Waals surface area (Å²) in [6.07, 6.45) is -0.433. The third kappa shape index (κ3) is 4.86. The van der Waals surface area contributed by atoms with E-state index in [9.17, 15) is 4.79 Å². The number of amides is 1. The molecule has 1 aromatic rings. The first-order chi connectivity index (χ1) is 8.19. The Morgan fingerprint density at radius 3 is 2.56 bits per heavy atom. The second kappa shape index (κ2) is 5.93. The van der Waals surface area contributed by atoms with Gasteiger partial charge in [0.05, 0.1) is 6.04 Å². The number of carbonyl (C=O) groups is 1. The maximum atomic E-state index is 11.6. The molecule has 1 amide bonds. The fourth-order valence-electron chi connectivity index (χ4n) is 1.41. The van der Waals surface area contributed by atoms with Gasteiger partial charge in [0, 0.05) is 9.50 Å². The van der Waals surface area contributed by atoms with E-state index in [1.807, 2.05) is 33.8 Å². The van der Waals surface area contributed by atoms with E-state index in [1.165, 1.54) is 0 Å². The first-order valence-corrected chi connectivity index (χ1v) is 6.80. The van der Waals surface area contributed by atoms with Crippen LogP contribution in [0.1, 0.15) is 39.3 Å². The molecule has 1 aromatic carbocycles. The fraction of sp³-hybridized carbons (Fsp3) is 0.462. The Hall–Kier alpha value is -0.740. The van der Waals surface area contributed by atoms with Crippen LogP contribution in [0.5, 0.6) is 0 Å². The van der Waals surface area contributed by atoms with Gasteiger partial charge in [-0.3, -0.25) is 0 Å². The molecule has 0 fully saturated rings. The SMILES string of the molecule is C[C@@H](NC(=O)OC(C)(C)C)c1ccc(Cl)cc1Br. The molecule has 0 bridgehead atoms. The van der Waals surface area contributed by atoms with Crippen LogP contribution in [0, 0.1) is 0 Å². The number of ether oxygens (including phenoxy) is 1. The number of hydrogen-bond donors (Lipinski definition) is 1. The highest BCUT2D eigenvalue weighted by atomic mass is 79.9. The zero-order chi connectivity index (χ0) is 13.9. The summed E-state index contributed by atoms with van der Waals surface area (Å²) in [6, 6.07) is 5.29. The van der Waals surface area contributed by atoms with Crippen molar-refractivity contribution < 1.29 is 9.53 Å². The number of rotatable bonds is 2. The molecule has 0 aromatic heterocycles. The molecule has 1 atom stereocenters. The first-order valence-electron chi connectivity index (χ1n) is 5.63. The summed E-state index contributed by atoms with van der Waals surface area (Å²) in [6.45, 7) is 7.37. The Kier molecular flexibility index (Phi) is 5.05. The van der Waals surface area contributed by atoms with Gasteiger partial charge in [-0.2, -0.15) is 0 Å². The average Bonchev–Trinajstić information content (AvgIpc) is 2.13. The van der Waals surface area contributed by atoms with Gasteiger partial charge in [-0.25, -0.2) is 4.79 Å². The van der Waals surface area contributed by atoms with E-state index in [2.05, 4.69) is 21.2 Å². The van der Waals surface area contributed by atoms with Crippen molar-refractivity contribution >= 4 is 33.6 Å². The van der Waals surface area contributed by atoms with E-state index in [4.69, 9.17) is 16.3 Å². The molecule has 3 nitrogen and oxygen atoms in total. The molecule has 0 heterocycles. The van der Waals surface area contributed by atoms with Crippen molar-refractivity contribution in [3.05, 3.63) is 33.3 Å². The first kappa shape index (κ1) is 15.3. The molecule has 0 aliphatic carbocycles. The lowest BCUT2D eigenvalue weighted by Gasteiger charge is -2.22. The van der Waals surface area contributed by atoms with Crippen LogP contribution in [0.2, 0.25) is 5.02 Å². The lowest BCUT2D eigenvalue weighted by atomic mass is 10.1. The Labute approximate surface area is 121 Å². The van der Waals surface area contributed by atoms with Crippen molar-refractivity contribution in [2.24, 2.45) is 0 Å². The van der Waals surface area contributed by atoms with Crippen LogP contribution in [0.15, 0.2) is 22.7 Å². The van der Waals surface area contributed by atoms with Gasteiger partial charge in [0.15, 0.2) is 0 Å². The fourth-order valence-corrected chi connectivity index (χ4v) is 2.44. The summed E-state index contributed by atoms with van der Waals surface area (Å²) < 4.78 is 6.06. The van der Waals surface area contributed by atoms with E-state index in [0.29, 0.717) is 5.02 Å². The standard InChI is InChI=1S/C13H17BrClNO2/c1-8(16-12(17)18-13(2,3)4)10-6-5-9(15)7-11(10)14/h5-8H,1-4H3,(H,16,17)/t8-/m1/s1. The maximum absolute atomic E-state index is 11.6. The normalized spacial score (nSPS) is 13.0. The summed E-state index contributed by atoms with van der Waals surface area (Å²) >= 11 is 9.29. The number of halogens is 2. The summed E-state index contributed by atoms with van der Waals surface area (Å²) in [5, 5.41) is 3.43. The maximum Gasteiger partial charge on any atom is 0.408 e. The molecule has 0 saturated carbocycles. The Bertz CT molecular complexity index is 443. The smallest absolute Gasteiger partial charge is 0.408 e. The van der Waals surface area contributed by atoms with E-state index in [-0.39, 0.29) is 6.04 Å². The molecular formula is C13H17BrClNO2. The largest absolute Gasteiger partial charge is 0.444 e. The van der Waals surface area contributed by atoms with Gasteiger partial charge in [0.25, 0.3) is 0 Å². The summed E-state index contributed by atoms with van der Waals surface area (Å²) in [7, 11) is 0. The van der Waals surface area contributed by atoms with Crippen LogP contribution in [-0.4, -0.2) is 11.7 Å². The molecule has 0 saturated heterocycles. The van der Waals surface area contributed by atoms with E-state index >= 15 is 0 Å². The summed E-state index contributed by atoms with van der Waals surface area (Å²) in [5.41, 5.74) is 0.450. The highest BCUT2D eigenvalue weighted by molar-refractivity contribution is 9.10. The van der Waals surface area contributed by atoms with Gasteiger partial charge in [-0.15, -0.1) is 0 Å². The van der Waals surface area contributed by atoms with Gasteiger partial charge < -0.3 is 10.1 Å². The van der Waals surface area contributed by atoms with Crippen LogP contribution in [-0.2, 0) is 4.74 Å². The highest BCUT2D eigenvalue weighted by Crippen LogP contribution is 2.26. The number of nitrogens with one attached hydrogen (secondary N) is 1. The van der Waals surface area contributed by atoms with Gasteiger partial charge in [0.2, 0.25) is 0 Å². The number of hydrogen-bond acceptors (Lipinski definition) is 2. The molecule has 0 spiro atoms. The summed E-state index contributed by atoms with van der Waals surface area (Å²) in [4.78, 5) is 11.6. The van der Waals surface area contributed by atoms with Gasteiger partial charge in [-0.05, 0) is 45.4 Å². The molecule has 100 valence electrons. The van der Waals surface area contributed by atoms with Crippen molar-refractivity contribution in [2.45, 2.75) is 39.3 Å². The van der Waals surface area contributed by atoms with Gasteiger partial charge >= 0.3 is 6.09 Å². The second-order valence-corrected chi connectivity index (χ2v) is 6.32. The van der Waals surface area contributed by atoms with Crippen LogP contribution >= 0.6 is 27.5 Å². The zero-order valence-electron chi connectivity index (χ0n) is 10.9. The number of alkyl carbamates (subject to hydrolysis) is 1. The van der Waals surface area contributed by atoms with E-state index < -0.39 is 11.7 Å². The van der Waals surface area contributed by atoms with Gasteiger partial charge in [-0.1, -0.05) is 33.6 Å². The molecule has 1 N–H and O–H groups in total. The molecule has 5 heteroatoms. The predicted octanol–water partition coefficient (Wildman–Crippen LogP) is 4.69. The minimum absolute atomic E-state index is 0.161. The molecule has 1 rings (SSSR count). The van der Waals surface area contributed by atoms with Gasteiger partial charge in [0.1, 0.15) is 5.60 Å². The molecule has 0 radical (unpaired) electrons. The Morgan fingerprint density at radius 1 is 1.44 bits per heavy atom. The Morgan fingerprint density at radius 2 is 2.06 bits per heavy atom. The van der Waals surface area contributed by atoms with Crippen LogP contribution in [0.4, 0.5) is 4.79 Å². The van der Waals surface area contributed by atoms with Crippen LogP contribution in [0.25, 0.3) is 0 Å². The monoisotopic (exact) mass is 333 g/mol. The van der Waals surface area contributed by atoms with E-state index in [1.54, 1.807) is 12.1 Å². The molecule has 0 aliphatic heterocycles. The lowest BCUT2D eigenvalue weighted by molar-refractivity contribution is 0.0508. The third-order valence-corrected chi connectivity index (χ3v) is 3.08. The quantitative estimate of drug-likeness (QED) is 0.852. The zero-order valence-corrected chi connectivity index (χ0v) is 13.2. The number of benzene rings is 1. The van der Waals surface area contributed by atoms with Crippen molar-refractivity contribution in [2.75, 3.05) is 0 Å². The molecule has 18 heavy (non-hydrogen) atoms. The predicted molar refractivity (Wildman–Crippen MR) is 76.9 cm³/mol. The van der Waals surface area contributed by atoms with Crippen molar-refractivity contribution in [1.29, 1.82) is 0 Å². The molecular weight excluding hydrogens is 318 g/mol. The number of carbonyl (C=O) groups excluding carboxylic acids is 1. The second-order valence-electron chi connectivity index (χ2n) is 5.03. The molecule has 0 unspecified atom stereocenters. The molecule has 0 aliphatic rings. The minimum atomic E-state index is -0.499.